The molecule has 8 heteroatoms. The number of carbonyl (C=O) groups excluding carboxylic acids is 1. The van der Waals surface area contributed by atoms with Crippen LogP contribution in [-0.4, -0.2) is 18.6 Å². The normalized spacial score (nSPS) is 10.8. The number of hydrogen-bond acceptors (Lipinski definition) is 3. The van der Waals surface area contributed by atoms with Gasteiger partial charge in [-0.05, 0) is 22.5 Å². The van der Waals surface area contributed by atoms with Crippen LogP contribution in [0.4, 0.5) is 4.79 Å². The van der Waals surface area contributed by atoms with Crippen LogP contribution in [0.25, 0.3) is 0 Å². The lowest BCUT2D eigenvalue weighted by Crippen LogP contribution is -2.18. The van der Waals surface area contributed by atoms with Crippen molar-refractivity contribution in [3.8, 4) is 0 Å². The van der Waals surface area contributed by atoms with Gasteiger partial charge < -0.3 is 4.74 Å². The van der Waals surface area contributed by atoms with E-state index >= 15 is 0 Å². The highest BCUT2D eigenvalue weighted by atomic mass is 35.9. The number of carbonyl (C=O) groups is 1. The van der Waals surface area contributed by atoms with Crippen molar-refractivity contribution in [2.75, 3.05) is 12.5 Å². The first-order valence-electron chi connectivity index (χ1n) is 2.46. The number of nitrogens with one attached hydrogen (secondary N) is 1. The smallest absolute Gasteiger partial charge is 0.414 e. The van der Waals surface area contributed by atoms with Crippen LogP contribution in [0.2, 0.25) is 0 Å². The first kappa shape index (κ1) is 11.4. The van der Waals surface area contributed by atoms with Gasteiger partial charge in [-0.15, -0.1) is 11.6 Å². The maximum absolute atomic E-state index is 10.5. The Kier molecular flexibility index (Phi) is 5.26. The molecule has 0 saturated carbocycles. The van der Waals surface area contributed by atoms with Gasteiger partial charge in [0.15, 0.2) is 0 Å². The maximum Gasteiger partial charge on any atom is 0.414 e. The monoisotopic (exact) mass is 239 g/mol. The molecule has 0 saturated heterocycles. The summed E-state index contributed by atoms with van der Waals surface area (Å²) >= 11 is 15.1. The van der Waals surface area contributed by atoms with Crippen molar-refractivity contribution in [3.63, 3.8) is 0 Å². The van der Waals surface area contributed by atoms with E-state index in [0.29, 0.717) is 0 Å². The molecule has 4 nitrogen and oxygen atoms in total. The molecule has 0 aliphatic carbocycles. The molecule has 1 N–H and O–H groups in total. The van der Waals surface area contributed by atoms with Crippen LogP contribution in [0.15, 0.2) is 0 Å². The zero-order valence-corrected chi connectivity index (χ0v) is 8.38. The Balaban J connectivity index is 3.62. The van der Waals surface area contributed by atoms with Crippen LogP contribution in [-0.2, 0) is 9.30 Å². The molecular formula is C3H5Cl3NO3P. The van der Waals surface area contributed by atoms with Gasteiger partial charge in [0.05, 0.1) is 5.88 Å². The highest BCUT2D eigenvalue weighted by molar-refractivity contribution is 8.07. The summed E-state index contributed by atoms with van der Waals surface area (Å²) in [7, 11) is 0. The fraction of sp³-hybridized carbons (Fsp3) is 0.667. The molecular weight excluding hydrogens is 235 g/mol. The molecule has 66 valence electrons. The molecule has 0 aromatic rings. The molecule has 0 atom stereocenters. The van der Waals surface area contributed by atoms with Crippen molar-refractivity contribution in [2.24, 2.45) is 0 Å². The fourth-order valence-electron chi connectivity index (χ4n) is 0.270. The average molecular weight is 240 g/mol. The minimum absolute atomic E-state index is 0.0150. The number of alkyl halides is 1. The van der Waals surface area contributed by atoms with E-state index in [2.05, 4.69) is 4.74 Å². The molecule has 11 heavy (non-hydrogen) atoms. The summed E-state index contributed by atoms with van der Waals surface area (Å²) in [5.74, 6) is -3.43. The lowest BCUT2D eigenvalue weighted by Gasteiger charge is -2.04. The maximum atomic E-state index is 10.5. The molecule has 0 radical (unpaired) electrons. The third-order valence-electron chi connectivity index (χ3n) is 0.532. The van der Waals surface area contributed by atoms with E-state index < -0.39 is 12.1 Å². The minimum atomic E-state index is -3.59. The second-order valence-corrected chi connectivity index (χ2v) is 6.30. The van der Waals surface area contributed by atoms with E-state index in [0.717, 1.165) is 0 Å². The van der Waals surface area contributed by atoms with Gasteiger partial charge in [0.1, 0.15) is 6.61 Å². The van der Waals surface area contributed by atoms with Crippen LogP contribution in [0, 0.1) is 0 Å². The second kappa shape index (κ2) is 5.09. The Morgan fingerprint density at radius 3 is 2.45 bits per heavy atom. The van der Waals surface area contributed by atoms with E-state index in [9.17, 15) is 9.36 Å². The largest absolute Gasteiger partial charge is 0.448 e. The standard InChI is InChI=1S/C3H5Cl3NO3P/c4-1-2-10-3(8)7-11(5,6)9/h1-2H2,(H,7,8,9). The Morgan fingerprint density at radius 2 is 2.09 bits per heavy atom. The fourth-order valence-corrected chi connectivity index (χ4v) is 1.04. The molecule has 0 unspecified atom stereocenters. The van der Waals surface area contributed by atoms with Gasteiger partial charge >= 0.3 is 12.1 Å². The first-order chi connectivity index (χ1) is 4.95. The molecule has 0 aromatic heterocycles. The number of rotatable bonds is 3. The third kappa shape index (κ3) is 8.27. The van der Waals surface area contributed by atoms with Crippen molar-refractivity contribution >= 4 is 46.2 Å². The highest BCUT2D eigenvalue weighted by Crippen LogP contribution is 2.52. The molecule has 0 aromatic carbocycles. The summed E-state index contributed by atoms with van der Waals surface area (Å²) in [5.41, 5.74) is 0. The number of ether oxygens (including phenoxy) is 1. The van der Waals surface area contributed by atoms with E-state index in [-0.39, 0.29) is 12.5 Å². The van der Waals surface area contributed by atoms with Crippen molar-refractivity contribution in [3.05, 3.63) is 0 Å². The molecule has 0 aliphatic rings. The number of amides is 1. The Labute approximate surface area is 78.1 Å². The highest BCUT2D eigenvalue weighted by Gasteiger charge is 2.17. The lowest BCUT2D eigenvalue weighted by atomic mass is 10.9. The summed E-state index contributed by atoms with van der Waals surface area (Å²) < 4.78 is 14.8. The van der Waals surface area contributed by atoms with E-state index in [1.807, 2.05) is 0 Å². The summed E-state index contributed by atoms with van der Waals surface area (Å²) in [4.78, 5) is 10.5. The van der Waals surface area contributed by atoms with Gasteiger partial charge in [0, 0.05) is 0 Å². The predicted molar refractivity (Wildman–Crippen MR) is 44.5 cm³/mol. The molecule has 0 bridgehead atoms. The van der Waals surface area contributed by atoms with Gasteiger partial charge in [0.2, 0.25) is 0 Å². The van der Waals surface area contributed by atoms with Crippen molar-refractivity contribution in [2.45, 2.75) is 0 Å². The van der Waals surface area contributed by atoms with E-state index in [4.69, 9.17) is 34.1 Å². The summed E-state index contributed by atoms with van der Waals surface area (Å²) in [5, 5.41) is 1.72. The van der Waals surface area contributed by atoms with Crippen LogP contribution >= 0.6 is 40.1 Å². The SMILES string of the molecule is O=C(NP(=O)(Cl)Cl)OCCCl. The number of halogens is 3. The minimum Gasteiger partial charge on any atom is -0.448 e. The zero-order valence-electron chi connectivity index (χ0n) is 5.22. The van der Waals surface area contributed by atoms with Gasteiger partial charge in [0.25, 0.3) is 0 Å². The second-order valence-electron chi connectivity index (χ2n) is 1.40. The molecule has 0 aliphatic heterocycles. The third-order valence-corrected chi connectivity index (χ3v) is 1.64. The average Bonchev–Trinajstić information content (AvgIpc) is 1.79. The van der Waals surface area contributed by atoms with Gasteiger partial charge in [-0.3, -0.25) is 4.57 Å². The quantitative estimate of drug-likeness (QED) is 0.609. The van der Waals surface area contributed by atoms with Crippen LogP contribution in [0.1, 0.15) is 0 Å². The molecule has 0 heterocycles. The van der Waals surface area contributed by atoms with Crippen molar-refractivity contribution in [1.29, 1.82) is 0 Å². The molecule has 1 amide bonds. The van der Waals surface area contributed by atoms with Gasteiger partial charge in [-0.2, -0.15) is 0 Å². The van der Waals surface area contributed by atoms with Crippen LogP contribution in [0.5, 0.6) is 0 Å². The Hall–Kier alpha value is 0.370. The summed E-state index contributed by atoms with van der Waals surface area (Å²) in [6.45, 7) is 0.0150. The summed E-state index contributed by atoms with van der Waals surface area (Å²) in [6, 6.07) is 0. The van der Waals surface area contributed by atoms with Crippen molar-refractivity contribution < 1.29 is 14.1 Å². The zero-order chi connectivity index (χ0) is 8.91. The van der Waals surface area contributed by atoms with Gasteiger partial charge in [-0.25, -0.2) is 9.88 Å². The molecule has 0 spiro atoms. The van der Waals surface area contributed by atoms with E-state index in [1.165, 1.54) is 0 Å². The topological polar surface area (TPSA) is 55.4 Å². The number of hydrogen-bond donors (Lipinski definition) is 1. The van der Waals surface area contributed by atoms with E-state index in [1.54, 1.807) is 5.09 Å². The predicted octanol–water partition coefficient (Wildman–Crippen LogP) is 2.54. The molecule has 0 rings (SSSR count). The Morgan fingerprint density at radius 1 is 1.55 bits per heavy atom. The van der Waals surface area contributed by atoms with Crippen LogP contribution in [0.3, 0.4) is 0 Å². The first-order valence-corrected chi connectivity index (χ1v) is 6.51. The Bertz CT molecular complexity index is 181. The van der Waals surface area contributed by atoms with Gasteiger partial charge in [-0.1, -0.05) is 0 Å². The van der Waals surface area contributed by atoms with Crippen molar-refractivity contribution in [1.82, 2.24) is 5.09 Å². The summed E-state index contributed by atoms with van der Waals surface area (Å²) in [6.07, 6.45) is -0.945. The van der Waals surface area contributed by atoms with Crippen LogP contribution < -0.4 is 5.09 Å². The lowest BCUT2D eigenvalue weighted by molar-refractivity contribution is 0.159. The molecule has 0 fully saturated rings.